The van der Waals surface area contributed by atoms with Gasteiger partial charge in [0.2, 0.25) is 0 Å². The van der Waals surface area contributed by atoms with E-state index in [0.717, 1.165) is 21.8 Å². The van der Waals surface area contributed by atoms with Gasteiger partial charge in [0.05, 0.1) is 32.4 Å². The summed E-state index contributed by atoms with van der Waals surface area (Å²) in [5, 5.41) is 1.92. The zero-order chi connectivity index (χ0) is 19.0. The third-order valence-corrected chi connectivity index (χ3v) is 4.72. The summed E-state index contributed by atoms with van der Waals surface area (Å²) >= 11 is 0. The normalized spacial score (nSPS) is 10.9. The van der Waals surface area contributed by atoms with Crippen molar-refractivity contribution in [1.82, 2.24) is 4.57 Å². The molecule has 0 aliphatic carbocycles. The molecule has 0 atom stereocenters. The Labute approximate surface area is 156 Å². The highest BCUT2D eigenvalue weighted by molar-refractivity contribution is 6.16. The van der Waals surface area contributed by atoms with Crippen molar-refractivity contribution in [2.75, 3.05) is 21.3 Å². The molecule has 5 heteroatoms. The average Bonchev–Trinajstić information content (AvgIpc) is 3.05. The number of benzene rings is 3. The van der Waals surface area contributed by atoms with Crippen molar-refractivity contribution in [3.05, 3.63) is 66.2 Å². The molecule has 0 saturated heterocycles. The lowest BCUT2D eigenvalue weighted by molar-refractivity contribution is 0.0969. The molecule has 0 bridgehead atoms. The molecule has 1 heterocycles. The average molecular weight is 361 g/mol. The number of carbonyl (C=O) groups excluding carboxylic acids is 1. The maximum Gasteiger partial charge on any atom is 0.262 e. The van der Waals surface area contributed by atoms with E-state index in [-0.39, 0.29) is 5.91 Å². The monoisotopic (exact) mass is 361 g/mol. The van der Waals surface area contributed by atoms with Gasteiger partial charge in [0.25, 0.3) is 5.91 Å². The summed E-state index contributed by atoms with van der Waals surface area (Å²) in [6.07, 6.45) is 0. The standard InChI is InChI=1S/C22H19NO4/c1-25-15-10-8-14(9-11-15)22(24)23-18-7-5-4-6-16(18)17-12-20(26-2)21(27-3)13-19(17)23/h4-13H,1-3H3. The van der Waals surface area contributed by atoms with E-state index in [9.17, 15) is 4.79 Å². The number of para-hydroxylation sites is 1. The highest BCUT2D eigenvalue weighted by Gasteiger charge is 2.20. The van der Waals surface area contributed by atoms with Gasteiger partial charge >= 0.3 is 0 Å². The molecule has 0 spiro atoms. The first-order chi connectivity index (χ1) is 13.2. The Morgan fingerprint density at radius 3 is 2.07 bits per heavy atom. The van der Waals surface area contributed by atoms with E-state index in [0.29, 0.717) is 22.8 Å². The number of rotatable bonds is 4. The van der Waals surface area contributed by atoms with E-state index in [1.807, 2.05) is 36.4 Å². The predicted molar refractivity (Wildman–Crippen MR) is 105 cm³/mol. The van der Waals surface area contributed by atoms with Crippen LogP contribution in [0.2, 0.25) is 0 Å². The first kappa shape index (κ1) is 17.0. The van der Waals surface area contributed by atoms with E-state index < -0.39 is 0 Å². The number of fused-ring (bicyclic) bond motifs is 3. The van der Waals surface area contributed by atoms with Gasteiger partial charge in [0.1, 0.15) is 5.75 Å². The van der Waals surface area contributed by atoms with E-state index >= 15 is 0 Å². The summed E-state index contributed by atoms with van der Waals surface area (Å²) in [5.41, 5.74) is 2.19. The molecule has 0 amide bonds. The Morgan fingerprint density at radius 2 is 1.41 bits per heavy atom. The fourth-order valence-electron chi connectivity index (χ4n) is 3.38. The summed E-state index contributed by atoms with van der Waals surface area (Å²) in [6, 6.07) is 18.7. The summed E-state index contributed by atoms with van der Waals surface area (Å²) < 4.78 is 17.8. The van der Waals surface area contributed by atoms with E-state index in [4.69, 9.17) is 14.2 Å². The van der Waals surface area contributed by atoms with Crippen molar-refractivity contribution < 1.29 is 19.0 Å². The van der Waals surface area contributed by atoms with Crippen LogP contribution >= 0.6 is 0 Å². The minimum atomic E-state index is -0.115. The number of carbonyl (C=O) groups is 1. The first-order valence-electron chi connectivity index (χ1n) is 8.52. The van der Waals surface area contributed by atoms with Gasteiger partial charge in [-0.25, -0.2) is 0 Å². The van der Waals surface area contributed by atoms with Crippen molar-refractivity contribution >= 4 is 27.7 Å². The Bertz CT molecular complexity index is 1140. The van der Waals surface area contributed by atoms with Gasteiger partial charge in [0, 0.05) is 22.4 Å². The lowest BCUT2D eigenvalue weighted by Crippen LogP contribution is -2.11. The van der Waals surface area contributed by atoms with Crippen molar-refractivity contribution in [1.29, 1.82) is 0 Å². The third-order valence-electron chi connectivity index (χ3n) is 4.72. The molecule has 0 N–H and O–H groups in total. The number of methoxy groups -OCH3 is 3. The van der Waals surface area contributed by atoms with Crippen LogP contribution in [0.3, 0.4) is 0 Å². The topological polar surface area (TPSA) is 49.7 Å². The lowest BCUT2D eigenvalue weighted by atomic mass is 10.1. The molecule has 3 aromatic carbocycles. The SMILES string of the molecule is COc1ccc(C(=O)n2c3ccccc3c3cc(OC)c(OC)cc32)cc1. The van der Waals surface area contributed by atoms with Crippen molar-refractivity contribution in [3.63, 3.8) is 0 Å². The molecule has 0 unspecified atom stereocenters. The second-order valence-corrected chi connectivity index (χ2v) is 6.11. The number of aromatic nitrogens is 1. The van der Waals surface area contributed by atoms with Gasteiger partial charge < -0.3 is 14.2 Å². The molecule has 0 radical (unpaired) electrons. The molecular formula is C22H19NO4. The van der Waals surface area contributed by atoms with Gasteiger partial charge in [-0.2, -0.15) is 0 Å². The zero-order valence-corrected chi connectivity index (χ0v) is 15.4. The largest absolute Gasteiger partial charge is 0.497 e. The molecule has 1 aromatic heterocycles. The van der Waals surface area contributed by atoms with E-state index in [1.54, 1.807) is 50.2 Å². The number of hydrogen-bond acceptors (Lipinski definition) is 4. The second-order valence-electron chi connectivity index (χ2n) is 6.11. The van der Waals surface area contributed by atoms with Crippen LogP contribution in [-0.2, 0) is 0 Å². The van der Waals surface area contributed by atoms with Crippen molar-refractivity contribution in [3.8, 4) is 17.2 Å². The predicted octanol–water partition coefficient (Wildman–Crippen LogP) is 4.51. The minimum absolute atomic E-state index is 0.115. The maximum atomic E-state index is 13.3. The molecule has 136 valence electrons. The number of hydrogen-bond donors (Lipinski definition) is 0. The second kappa shape index (κ2) is 6.68. The molecule has 5 nitrogen and oxygen atoms in total. The van der Waals surface area contributed by atoms with Crippen LogP contribution in [0.1, 0.15) is 10.4 Å². The quantitative estimate of drug-likeness (QED) is 0.537. The van der Waals surface area contributed by atoms with Crippen LogP contribution in [-0.4, -0.2) is 31.8 Å². The van der Waals surface area contributed by atoms with Gasteiger partial charge in [0.15, 0.2) is 11.5 Å². The Morgan fingerprint density at radius 1 is 0.741 bits per heavy atom. The first-order valence-corrected chi connectivity index (χ1v) is 8.52. The Hall–Kier alpha value is -3.47. The highest BCUT2D eigenvalue weighted by atomic mass is 16.5. The molecule has 0 fully saturated rings. The smallest absolute Gasteiger partial charge is 0.262 e. The molecule has 27 heavy (non-hydrogen) atoms. The fraction of sp³-hybridized carbons (Fsp3) is 0.136. The summed E-state index contributed by atoms with van der Waals surface area (Å²) in [6.45, 7) is 0. The summed E-state index contributed by atoms with van der Waals surface area (Å²) in [7, 11) is 4.79. The fourth-order valence-corrected chi connectivity index (χ4v) is 3.38. The van der Waals surface area contributed by atoms with Crippen LogP contribution in [0.25, 0.3) is 21.8 Å². The molecule has 0 aliphatic rings. The Kier molecular flexibility index (Phi) is 4.20. The summed E-state index contributed by atoms with van der Waals surface area (Å²) in [5.74, 6) is 1.80. The van der Waals surface area contributed by atoms with Gasteiger partial charge in [-0.1, -0.05) is 18.2 Å². The molecule has 0 saturated carbocycles. The van der Waals surface area contributed by atoms with Crippen LogP contribution in [0, 0.1) is 0 Å². The minimum Gasteiger partial charge on any atom is -0.497 e. The van der Waals surface area contributed by atoms with Crippen LogP contribution in [0.15, 0.2) is 60.7 Å². The van der Waals surface area contributed by atoms with Gasteiger partial charge in [-0.05, 0) is 36.4 Å². The van der Waals surface area contributed by atoms with Crippen molar-refractivity contribution in [2.45, 2.75) is 0 Å². The molecule has 4 rings (SSSR count). The van der Waals surface area contributed by atoms with E-state index in [1.165, 1.54) is 0 Å². The number of ether oxygens (including phenoxy) is 3. The summed E-state index contributed by atoms with van der Waals surface area (Å²) in [4.78, 5) is 13.3. The molecular weight excluding hydrogens is 342 g/mol. The van der Waals surface area contributed by atoms with Crippen molar-refractivity contribution in [2.24, 2.45) is 0 Å². The van der Waals surface area contributed by atoms with Crippen LogP contribution in [0.4, 0.5) is 0 Å². The molecule has 0 aliphatic heterocycles. The van der Waals surface area contributed by atoms with Crippen LogP contribution in [0.5, 0.6) is 17.2 Å². The van der Waals surface area contributed by atoms with Gasteiger partial charge in [-0.3, -0.25) is 9.36 Å². The van der Waals surface area contributed by atoms with Crippen LogP contribution < -0.4 is 14.2 Å². The lowest BCUT2D eigenvalue weighted by Gasteiger charge is -2.10. The van der Waals surface area contributed by atoms with E-state index in [2.05, 4.69) is 0 Å². The Balaban J connectivity index is 2.00. The van der Waals surface area contributed by atoms with Gasteiger partial charge in [-0.15, -0.1) is 0 Å². The third kappa shape index (κ3) is 2.68. The number of nitrogens with zero attached hydrogens (tertiary/aromatic N) is 1. The zero-order valence-electron chi connectivity index (χ0n) is 15.4. The highest BCUT2D eigenvalue weighted by Crippen LogP contribution is 2.38. The molecule has 4 aromatic rings. The maximum absolute atomic E-state index is 13.3.